The maximum Gasteiger partial charge on any atom is 0.308 e. The average molecular weight is 358 g/mol. The minimum absolute atomic E-state index is 0.0858. The molecule has 0 atom stereocenters. The molecule has 140 valence electrons. The fourth-order valence-electron chi connectivity index (χ4n) is 2.90. The van der Waals surface area contributed by atoms with Crippen molar-refractivity contribution in [3.05, 3.63) is 42.0 Å². The van der Waals surface area contributed by atoms with Gasteiger partial charge in [-0.2, -0.15) is 0 Å². The number of carbonyl (C=O) groups excluding carboxylic acids is 3. The molecule has 0 unspecified atom stereocenters. The van der Waals surface area contributed by atoms with Crippen LogP contribution in [0.2, 0.25) is 0 Å². The van der Waals surface area contributed by atoms with E-state index in [4.69, 9.17) is 4.74 Å². The predicted octanol–water partition coefficient (Wildman–Crippen LogP) is 2.59. The SMILES string of the molecule is CC(=O)Oc1cccc(C(=O)NCCCNC(=O)/C=C/C2CCCC2)c1. The molecule has 0 bridgehead atoms. The summed E-state index contributed by atoms with van der Waals surface area (Å²) in [5.41, 5.74) is 0.423. The van der Waals surface area contributed by atoms with Crippen LogP contribution in [0.25, 0.3) is 0 Å². The highest BCUT2D eigenvalue weighted by atomic mass is 16.5. The molecule has 1 aromatic rings. The van der Waals surface area contributed by atoms with Crippen LogP contribution in [0.3, 0.4) is 0 Å². The molecule has 2 N–H and O–H groups in total. The van der Waals surface area contributed by atoms with Crippen molar-refractivity contribution in [3.8, 4) is 5.75 Å². The van der Waals surface area contributed by atoms with Gasteiger partial charge in [-0.3, -0.25) is 14.4 Å². The lowest BCUT2D eigenvalue weighted by Crippen LogP contribution is -2.29. The summed E-state index contributed by atoms with van der Waals surface area (Å²) in [5, 5.41) is 5.60. The van der Waals surface area contributed by atoms with Gasteiger partial charge in [-0.1, -0.05) is 25.0 Å². The van der Waals surface area contributed by atoms with Crippen molar-refractivity contribution in [2.24, 2.45) is 5.92 Å². The van der Waals surface area contributed by atoms with Crippen LogP contribution >= 0.6 is 0 Å². The molecule has 0 spiro atoms. The highest BCUT2D eigenvalue weighted by molar-refractivity contribution is 5.94. The summed E-state index contributed by atoms with van der Waals surface area (Å²) >= 11 is 0. The maximum absolute atomic E-state index is 12.1. The Bertz CT molecular complexity index is 664. The van der Waals surface area contributed by atoms with Crippen molar-refractivity contribution in [1.82, 2.24) is 10.6 Å². The summed E-state index contributed by atoms with van der Waals surface area (Å²) in [6, 6.07) is 6.45. The van der Waals surface area contributed by atoms with Crippen LogP contribution in [0.15, 0.2) is 36.4 Å². The highest BCUT2D eigenvalue weighted by Gasteiger charge is 2.11. The Balaban J connectivity index is 1.63. The molecule has 1 aliphatic carbocycles. The van der Waals surface area contributed by atoms with Crippen LogP contribution in [0.1, 0.15) is 49.4 Å². The first-order valence-electron chi connectivity index (χ1n) is 9.07. The second-order valence-corrected chi connectivity index (χ2v) is 6.43. The van der Waals surface area contributed by atoms with Gasteiger partial charge in [0, 0.05) is 25.6 Å². The number of allylic oxidation sites excluding steroid dienone is 1. The van der Waals surface area contributed by atoms with E-state index in [0.29, 0.717) is 36.7 Å². The lowest BCUT2D eigenvalue weighted by molar-refractivity contribution is -0.131. The predicted molar refractivity (Wildman–Crippen MR) is 98.8 cm³/mol. The highest BCUT2D eigenvalue weighted by Crippen LogP contribution is 2.25. The molecule has 2 rings (SSSR count). The number of hydrogen-bond donors (Lipinski definition) is 2. The first-order chi connectivity index (χ1) is 12.5. The summed E-state index contributed by atoms with van der Waals surface area (Å²) in [4.78, 5) is 34.7. The van der Waals surface area contributed by atoms with Gasteiger partial charge in [0.15, 0.2) is 0 Å². The number of rotatable bonds is 8. The minimum atomic E-state index is -0.430. The summed E-state index contributed by atoms with van der Waals surface area (Å²) in [5.74, 6) is 0.123. The second-order valence-electron chi connectivity index (χ2n) is 6.43. The van der Waals surface area contributed by atoms with Gasteiger partial charge in [-0.25, -0.2) is 0 Å². The third-order valence-electron chi connectivity index (χ3n) is 4.22. The molecule has 1 saturated carbocycles. The van der Waals surface area contributed by atoms with Crippen LogP contribution in [-0.4, -0.2) is 30.9 Å². The van der Waals surface area contributed by atoms with E-state index in [1.807, 2.05) is 6.08 Å². The van der Waals surface area contributed by atoms with Crippen molar-refractivity contribution in [2.75, 3.05) is 13.1 Å². The van der Waals surface area contributed by atoms with E-state index < -0.39 is 5.97 Å². The number of nitrogens with one attached hydrogen (secondary N) is 2. The molecular weight excluding hydrogens is 332 g/mol. The zero-order valence-electron chi connectivity index (χ0n) is 15.1. The molecule has 0 aliphatic heterocycles. The molecule has 6 nitrogen and oxygen atoms in total. The first-order valence-corrected chi connectivity index (χ1v) is 9.07. The minimum Gasteiger partial charge on any atom is -0.427 e. The summed E-state index contributed by atoms with van der Waals surface area (Å²) in [6.45, 7) is 2.26. The van der Waals surface area contributed by atoms with Gasteiger partial charge in [-0.15, -0.1) is 0 Å². The van der Waals surface area contributed by atoms with Crippen LogP contribution in [0, 0.1) is 5.92 Å². The first kappa shape index (κ1) is 19.7. The van der Waals surface area contributed by atoms with Crippen molar-refractivity contribution in [1.29, 1.82) is 0 Å². The standard InChI is InChI=1S/C20H26N2O4/c1-15(23)26-18-9-4-8-17(14-18)20(25)22-13-5-12-21-19(24)11-10-16-6-2-3-7-16/h4,8-11,14,16H,2-3,5-7,12-13H2,1H3,(H,21,24)(H,22,25)/b11-10+. The molecule has 1 fully saturated rings. The summed E-state index contributed by atoms with van der Waals surface area (Å²) < 4.78 is 4.96. The van der Waals surface area contributed by atoms with Crippen LogP contribution in [0.4, 0.5) is 0 Å². The third-order valence-corrected chi connectivity index (χ3v) is 4.22. The normalized spacial score (nSPS) is 14.3. The van der Waals surface area contributed by atoms with Gasteiger partial charge in [0.2, 0.25) is 5.91 Å². The van der Waals surface area contributed by atoms with Gasteiger partial charge < -0.3 is 15.4 Å². The van der Waals surface area contributed by atoms with Gasteiger partial charge >= 0.3 is 5.97 Å². The van der Waals surface area contributed by atoms with Crippen LogP contribution in [0.5, 0.6) is 5.75 Å². The molecule has 1 aliphatic rings. The summed E-state index contributed by atoms with van der Waals surface area (Å²) in [7, 11) is 0. The fourth-order valence-corrected chi connectivity index (χ4v) is 2.90. The molecule has 0 saturated heterocycles. The van der Waals surface area contributed by atoms with Gasteiger partial charge in [0.25, 0.3) is 5.91 Å². The number of hydrogen-bond acceptors (Lipinski definition) is 4. The zero-order valence-corrected chi connectivity index (χ0v) is 15.1. The van der Waals surface area contributed by atoms with Gasteiger partial charge in [0.05, 0.1) is 0 Å². The Labute approximate surface area is 154 Å². The van der Waals surface area contributed by atoms with E-state index in [0.717, 1.165) is 0 Å². The molecule has 0 heterocycles. The maximum atomic E-state index is 12.1. The average Bonchev–Trinajstić information content (AvgIpc) is 3.12. The van der Waals surface area contributed by atoms with Crippen molar-refractivity contribution in [2.45, 2.75) is 39.0 Å². The lowest BCUT2D eigenvalue weighted by Gasteiger charge is -2.07. The Morgan fingerprint density at radius 3 is 2.62 bits per heavy atom. The van der Waals surface area contributed by atoms with Crippen LogP contribution < -0.4 is 15.4 Å². The molecule has 1 aromatic carbocycles. The number of amides is 2. The number of carbonyl (C=O) groups is 3. The second kappa shape index (κ2) is 10.4. The topological polar surface area (TPSA) is 84.5 Å². The Morgan fingerprint density at radius 1 is 1.15 bits per heavy atom. The van der Waals surface area contributed by atoms with E-state index in [2.05, 4.69) is 10.6 Å². The van der Waals surface area contributed by atoms with E-state index >= 15 is 0 Å². The largest absolute Gasteiger partial charge is 0.427 e. The number of benzene rings is 1. The molecule has 0 radical (unpaired) electrons. The monoisotopic (exact) mass is 358 g/mol. The van der Waals surface area contributed by atoms with Crippen molar-refractivity contribution >= 4 is 17.8 Å². The summed E-state index contributed by atoms with van der Waals surface area (Å²) in [6.07, 6.45) is 9.11. The van der Waals surface area contributed by atoms with Crippen molar-refractivity contribution < 1.29 is 19.1 Å². The molecule has 2 amide bonds. The smallest absolute Gasteiger partial charge is 0.308 e. The zero-order chi connectivity index (χ0) is 18.8. The molecule has 0 aromatic heterocycles. The number of ether oxygens (including phenoxy) is 1. The van der Waals surface area contributed by atoms with Crippen LogP contribution in [-0.2, 0) is 9.59 Å². The van der Waals surface area contributed by atoms with Crippen molar-refractivity contribution in [3.63, 3.8) is 0 Å². The van der Waals surface area contributed by atoms with Gasteiger partial charge in [-0.05, 0) is 49.5 Å². The molecule has 6 heteroatoms. The molecule has 26 heavy (non-hydrogen) atoms. The van der Waals surface area contributed by atoms with Gasteiger partial charge in [0.1, 0.15) is 5.75 Å². The Hall–Kier alpha value is -2.63. The fraction of sp³-hybridized carbons (Fsp3) is 0.450. The van der Waals surface area contributed by atoms with E-state index in [9.17, 15) is 14.4 Å². The quantitative estimate of drug-likeness (QED) is 0.324. The van der Waals surface area contributed by atoms with E-state index in [-0.39, 0.29) is 11.8 Å². The Morgan fingerprint density at radius 2 is 1.88 bits per heavy atom. The van der Waals surface area contributed by atoms with E-state index in [1.165, 1.54) is 38.7 Å². The Kier molecular flexibility index (Phi) is 7.86. The lowest BCUT2D eigenvalue weighted by atomic mass is 10.1. The van der Waals surface area contributed by atoms with E-state index in [1.54, 1.807) is 24.3 Å². The third kappa shape index (κ3) is 7.09. The molecular formula is C20H26N2O4. The number of esters is 1.